The van der Waals surface area contributed by atoms with E-state index in [1.807, 2.05) is 24.3 Å². The highest BCUT2D eigenvalue weighted by atomic mass is 35.5. The monoisotopic (exact) mass is 389 g/mol. The average molecular weight is 390 g/mol. The summed E-state index contributed by atoms with van der Waals surface area (Å²) in [4.78, 5) is 11.3. The van der Waals surface area contributed by atoms with Crippen LogP contribution in [0.4, 0.5) is 0 Å². The average Bonchev–Trinajstić information content (AvgIpc) is 2.99. The number of carbonyl (C=O) groups excluding carboxylic acids is 1. The lowest BCUT2D eigenvalue weighted by atomic mass is 9.81. The minimum Gasteiger partial charge on any atom is -0.355 e. The van der Waals surface area contributed by atoms with Crippen molar-refractivity contribution in [2.24, 2.45) is 11.8 Å². The lowest BCUT2D eigenvalue weighted by Gasteiger charge is -2.21. The Bertz CT molecular complexity index is 726. The molecule has 26 heavy (non-hydrogen) atoms. The van der Waals surface area contributed by atoms with Crippen LogP contribution in [0.2, 0.25) is 10.0 Å². The fraction of sp³-hybridized carbons (Fsp3) is 0.318. The first-order valence-corrected chi connectivity index (χ1v) is 9.60. The molecule has 0 bridgehead atoms. The quantitative estimate of drug-likeness (QED) is 0.543. The molecule has 138 valence electrons. The Morgan fingerprint density at radius 3 is 2.08 bits per heavy atom. The van der Waals surface area contributed by atoms with Gasteiger partial charge in [0, 0.05) is 16.6 Å². The van der Waals surface area contributed by atoms with E-state index in [0.717, 1.165) is 13.0 Å². The summed E-state index contributed by atoms with van der Waals surface area (Å²) >= 11 is 11.1. The van der Waals surface area contributed by atoms with Gasteiger partial charge in [-0.2, -0.15) is 0 Å². The maximum Gasteiger partial charge on any atom is 0.227 e. The summed E-state index contributed by atoms with van der Waals surface area (Å²) in [6.45, 7) is 5.05. The van der Waals surface area contributed by atoms with Crippen molar-refractivity contribution in [3.05, 3.63) is 81.9 Å². The largest absolute Gasteiger partial charge is 0.355 e. The smallest absolute Gasteiger partial charge is 0.227 e. The second kappa shape index (κ2) is 10.4. The number of carbonyl (C=O) groups is 1. The predicted octanol–water partition coefficient (Wildman–Crippen LogP) is 6.08. The summed E-state index contributed by atoms with van der Waals surface area (Å²) in [7, 11) is 0. The minimum atomic E-state index is 0.212. The van der Waals surface area contributed by atoms with E-state index in [4.69, 9.17) is 23.2 Å². The molecule has 4 rings (SSSR count). The van der Waals surface area contributed by atoms with E-state index < -0.39 is 0 Å². The van der Waals surface area contributed by atoms with Crippen molar-refractivity contribution in [2.75, 3.05) is 6.54 Å². The van der Waals surface area contributed by atoms with Crippen LogP contribution in [0.3, 0.4) is 0 Å². The van der Waals surface area contributed by atoms with E-state index in [1.165, 1.54) is 17.6 Å². The Balaban J connectivity index is 0.000000145. The van der Waals surface area contributed by atoms with Crippen molar-refractivity contribution in [2.45, 2.75) is 26.7 Å². The molecule has 1 N–H and O–H groups in total. The molecule has 1 aliphatic carbocycles. The van der Waals surface area contributed by atoms with Gasteiger partial charge in [-0.15, -0.1) is 0 Å². The number of hydrogen-bond acceptors (Lipinski definition) is 1. The van der Waals surface area contributed by atoms with E-state index in [0.29, 0.717) is 16.0 Å². The first-order valence-electron chi connectivity index (χ1n) is 8.84. The number of nitrogens with one attached hydrogen (secondary N) is 1. The topological polar surface area (TPSA) is 29.1 Å². The third kappa shape index (κ3) is 6.51. The second-order valence-electron chi connectivity index (χ2n) is 6.60. The number of hydrogen-bond donors (Lipinski definition) is 1. The van der Waals surface area contributed by atoms with Gasteiger partial charge in [0.1, 0.15) is 0 Å². The third-order valence-corrected chi connectivity index (χ3v) is 4.98. The molecule has 0 radical (unpaired) electrons. The second-order valence-corrected chi connectivity index (χ2v) is 7.48. The fourth-order valence-electron chi connectivity index (χ4n) is 3.17. The molecule has 1 fully saturated rings. The van der Waals surface area contributed by atoms with Gasteiger partial charge in [0.15, 0.2) is 0 Å². The molecule has 0 aromatic heterocycles. The summed E-state index contributed by atoms with van der Waals surface area (Å²) in [5, 5.41) is 4.27. The van der Waals surface area contributed by atoms with E-state index in [1.54, 1.807) is 18.2 Å². The van der Waals surface area contributed by atoms with Crippen molar-refractivity contribution in [3.8, 4) is 0 Å². The molecular formula is C22H25Cl2NO. The van der Waals surface area contributed by atoms with Crippen molar-refractivity contribution < 1.29 is 4.79 Å². The van der Waals surface area contributed by atoms with Gasteiger partial charge in [-0.05, 0) is 50.8 Å². The molecule has 2 aliphatic rings. The molecule has 2 aromatic carbocycles. The molecule has 2 aromatic rings. The third-order valence-electron chi connectivity index (χ3n) is 4.51. The summed E-state index contributed by atoms with van der Waals surface area (Å²) in [6.07, 6.45) is 4.54. The van der Waals surface area contributed by atoms with Crippen LogP contribution in [0.15, 0.2) is 66.2 Å². The normalized spacial score (nSPS) is 20.5. The zero-order chi connectivity index (χ0) is 18.9. The molecule has 2 atom stereocenters. The molecule has 0 saturated carbocycles. The number of rotatable bonds is 0. The van der Waals surface area contributed by atoms with Crippen LogP contribution in [-0.2, 0) is 4.79 Å². The Labute approximate surface area is 166 Å². The van der Waals surface area contributed by atoms with E-state index >= 15 is 0 Å². The maximum atomic E-state index is 11.3. The highest BCUT2D eigenvalue weighted by Crippen LogP contribution is 2.33. The van der Waals surface area contributed by atoms with E-state index in [2.05, 4.69) is 37.4 Å². The summed E-state index contributed by atoms with van der Waals surface area (Å²) in [6, 6.07) is 17.3. The van der Waals surface area contributed by atoms with Gasteiger partial charge in [0.05, 0.1) is 5.92 Å². The highest BCUT2D eigenvalue weighted by molar-refractivity contribution is 6.34. The van der Waals surface area contributed by atoms with Gasteiger partial charge in [-0.3, -0.25) is 4.79 Å². The zero-order valence-electron chi connectivity index (χ0n) is 15.2. The number of amides is 1. The van der Waals surface area contributed by atoms with Crippen LogP contribution >= 0.6 is 23.2 Å². The first-order chi connectivity index (χ1) is 12.5. The lowest BCUT2D eigenvalue weighted by Crippen LogP contribution is -2.22. The van der Waals surface area contributed by atoms with Gasteiger partial charge in [0.2, 0.25) is 5.91 Å². The lowest BCUT2D eigenvalue weighted by molar-refractivity contribution is -0.122. The van der Waals surface area contributed by atoms with Crippen molar-refractivity contribution in [3.63, 3.8) is 0 Å². The minimum absolute atomic E-state index is 0.212. The van der Waals surface area contributed by atoms with Gasteiger partial charge in [0.25, 0.3) is 0 Å². The maximum absolute atomic E-state index is 11.3. The van der Waals surface area contributed by atoms with Crippen molar-refractivity contribution in [1.82, 2.24) is 5.32 Å². The van der Waals surface area contributed by atoms with Crippen LogP contribution in [0.1, 0.15) is 25.3 Å². The molecule has 1 heterocycles. The highest BCUT2D eigenvalue weighted by Gasteiger charge is 2.36. The van der Waals surface area contributed by atoms with E-state index in [9.17, 15) is 4.79 Å². The predicted molar refractivity (Wildman–Crippen MR) is 111 cm³/mol. The Kier molecular flexibility index (Phi) is 8.21. The Morgan fingerprint density at radius 2 is 1.62 bits per heavy atom. The van der Waals surface area contributed by atoms with Crippen LogP contribution in [0, 0.1) is 18.8 Å². The van der Waals surface area contributed by atoms with Crippen molar-refractivity contribution >= 4 is 29.1 Å². The van der Waals surface area contributed by atoms with Gasteiger partial charge >= 0.3 is 0 Å². The molecule has 4 heteroatoms. The van der Waals surface area contributed by atoms with Gasteiger partial charge < -0.3 is 5.32 Å². The molecule has 2 unspecified atom stereocenters. The molecule has 1 saturated heterocycles. The number of benzene rings is 2. The molecule has 0 spiro atoms. The molecule has 1 aliphatic heterocycles. The zero-order valence-corrected chi connectivity index (χ0v) is 16.7. The van der Waals surface area contributed by atoms with Crippen molar-refractivity contribution in [1.29, 1.82) is 0 Å². The summed E-state index contributed by atoms with van der Waals surface area (Å²) in [5.74, 6) is 1.04. The van der Waals surface area contributed by atoms with Crippen LogP contribution in [0.25, 0.3) is 0 Å². The van der Waals surface area contributed by atoms with Gasteiger partial charge in [-0.25, -0.2) is 0 Å². The molecule has 2 nitrogen and oxygen atoms in total. The number of aryl methyl sites for hydroxylation is 1. The van der Waals surface area contributed by atoms with Crippen LogP contribution in [0.5, 0.6) is 0 Å². The molecular weight excluding hydrogens is 365 g/mol. The standard InChI is InChI=1S/C9H13NO.C7H8.C6H4Cl2/c1-6-3-2-4-7-5-10-9(11)8(6)7;1-7-5-3-2-4-6-7;7-5-2-1-3-6(8)4-5/h3,7-8H,2,4-5H2,1H3,(H,10,11);2-6H,1H3;1-4H. The first kappa shape index (κ1) is 20.5. The van der Waals surface area contributed by atoms with E-state index in [-0.39, 0.29) is 11.8 Å². The summed E-state index contributed by atoms with van der Waals surface area (Å²) < 4.78 is 0. The fourth-order valence-corrected chi connectivity index (χ4v) is 3.60. The van der Waals surface area contributed by atoms with Gasteiger partial charge in [-0.1, -0.05) is 76.8 Å². The number of fused-ring (bicyclic) bond motifs is 1. The van der Waals surface area contributed by atoms with Crippen LogP contribution in [-0.4, -0.2) is 12.5 Å². The number of halogens is 2. The SMILES string of the molecule is CC1=CCCC2CNC(=O)C12.Cc1ccccc1.Clc1cccc(Cl)c1. The van der Waals surface area contributed by atoms with Crippen LogP contribution < -0.4 is 5.32 Å². The molecule has 1 amide bonds. The summed E-state index contributed by atoms with van der Waals surface area (Å²) in [5.41, 5.74) is 2.60. The Morgan fingerprint density at radius 1 is 0.962 bits per heavy atom. The Hall–Kier alpha value is -1.77. The number of allylic oxidation sites excluding steroid dienone is 1.